The Morgan fingerprint density at radius 3 is 2.65 bits per heavy atom. The standard InChI is InChI=1S/C20H16N2O4/c23-19(12-5-6-12)22-18-11-14(7-8-21-18)26-15-9-13-3-1-2-4-16(13)17(10-15)20(24)25/h1-4,7-12H,5-6H2,(H,24,25)(H,21,22,23). The molecule has 3 aromatic rings. The predicted octanol–water partition coefficient (Wildman–Crippen LogP) is 4.07. The number of nitrogens with zero attached hydrogens (tertiary/aromatic N) is 1. The number of benzene rings is 2. The molecule has 0 bridgehead atoms. The van der Waals surface area contributed by atoms with Crippen molar-refractivity contribution in [1.82, 2.24) is 4.98 Å². The largest absolute Gasteiger partial charge is 0.478 e. The molecule has 1 aliphatic rings. The summed E-state index contributed by atoms with van der Waals surface area (Å²) in [7, 11) is 0. The molecule has 1 amide bonds. The second kappa shape index (κ2) is 6.48. The highest BCUT2D eigenvalue weighted by atomic mass is 16.5. The molecule has 4 rings (SSSR count). The number of rotatable bonds is 5. The number of carbonyl (C=O) groups is 2. The number of pyridine rings is 1. The number of ether oxygens (including phenoxy) is 1. The van der Waals surface area contributed by atoms with E-state index in [0.717, 1.165) is 18.2 Å². The molecule has 1 saturated carbocycles. The third-order valence-corrected chi connectivity index (χ3v) is 4.23. The zero-order valence-electron chi connectivity index (χ0n) is 13.8. The van der Waals surface area contributed by atoms with E-state index in [1.165, 1.54) is 12.3 Å². The number of carbonyl (C=O) groups excluding carboxylic acids is 1. The van der Waals surface area contributed by atoms with E-state index in [0.29, 0.717) is 22.7 Å². The maximum atomic E-state index is 11.9. The van der Waals surface area contributed by atoms with Gasteiger partial charge in [-0.2, -0.15) is 0 Å². The first-order valence-electron chi connectivity index (χ1n) is 8.31. The topological polar surface area (TPSA) is 88.5 Å². The van der Waals surface area contributed by atoms with Crippen molar-refractivity contribution < 1.29 is 19.4 Å². The first-order valence-corrected chi connectivity index (χ1v) is 8.31. The third-order valence-electron chi connectivity index (χ3n) is 4.23. The lowest BCUT2D eigenvalue weighted by atomic mass is 10.0. The van der Waals surface area contributed by atoms with Crippen LogP contribution in [0.3, 0.4) is 0 Å². The average Bonchev–Trinajstić information content (AvgIpc) is 3.46. The van der Waals surface area contributed by atoms with Gasteiger partial charge in [0.15, 0.2) is 0 Å². The van der Waals surface area contributed by atoms with Crippen LogP contribution in [0.2, 0.25) is 0 Å². The van der Waals surface area contributed by atoms with Gasteiger partial charge < -0.3 is 15.2 Å². The summed E-state index contributed by atoms with van der Waals surface area (Å²) in [4.78, 5) is 27.5. The van der Waals surface area contributed by atoms with Gasteiger partial charge in [-0.3, -0.25) is 4.79 Å². The quantitative estimate of drug-likeness (QED) is 0.725. The number of hydrogen-bond acceptors (Lipinski definition) is 4. The average molecular weight is 348 g/mol. The van der Waals surface area contributed by atoms with Crippen LogP contribution in [0.25, 0.3) is 10.8 Å². The molecular weight excluding hydrogens is 332 g/mol. The van der Waals surface area contributed by atoms with Crippen molar-refractivity contribution in [2.24, 2.45) is 5.92 Å². The number of fused-ring (bicyclic) bond motifs is 1. The zero-order valence-corrected chi connectivity index (χ0v) is 13.8. The van der Waals surface area contributed by atoms with Crippen molar-refractivity contribution in [2.45, 2.75) is 12.8 Å². The van der Waals surface area contributed by atoms with E-state index in [9.17, 15) is 14.7 Å². The Morgan fingerprint density at radius 1 is 1.08 bits per heavy atom. The van der Waals surface area contributed by atoms with Crippen molar-refractivity contribution in [1.29, 1.82) is 0 Å². The minimum Gasteiger partial charge on any atom is -0.478 e. The van der Waals surface area contributed by atoms with E-state index >= 15 is 0 Å². The lowest BCUT2D eigenvalue weighted by molar-refractivity contribution is -0.117. The molecule has 0 aliphatic heterocycles. The fourth-order valence-corrected chi connectivity index (χ4v) is 2.77. The van der Waals surface area contributed by atoms with Gasteiger partial charge in [-0.05, 0) is 41.8 Å². The van der Waals surface area contributed by atoms with E-state index in [-0.39, 0.29) is 17.4 Å². The highest BCUT2D eigenvalue weighted by Crippen LogP contribution is 2.31. The van der Waals surface area contributed by atoms with Crippen LogP contribution in [-0.4, -0.2) is 22.0 Å². The Hall–Kier alpha value is -3.41. The van der Waals surface area contributed by atoms with Crippen molar-refractivity contribution in [3.05, 3.63) is 60.3 Å². The molecule has 0 unspecified atom stereocenters. The maximum absolute atomic E-state index is 11.9. The van der Waals surface area contributed by atoms with Crippen LogP contribution in [0.4, 0.5) is 5.82 Å². The minimum atomic E-state index is -1.02. The fourth-order valence-electron chi connectivity index (χ4n) is 2.77. The molecule has 1 aliphatic carbocycles. The number of aromatic carboxylic acids is 1. The van der Waals surface area contributed by atoms with E-state index in [1.807, 2.05) is 12.1 Å². The molecule has 0 saturated heterocycles. The number of aromatic nitrogens is 1. The molecule has 1 aromatic heterocycles. The maximum Gasteiger partial charge on any atom is 0.336 e. The van der Waals surface area contributed by atoms with E-state index in [4.69, 9.17) is 4.74 Å². The van der Waals surface area contributed by atoms with Crippen molar-refractivity contribution in [2.75, 3.05) is 5.32 Å². The van der Waals surface area contributed by atoms with Crippen molar-refractivity contribution in [3.8, 4) is 11.5 Å². The first-order chi connectivity index (χ1) is 12.6. The molecule has 0 atom stereocenters. The summed E-state index contributed by atoms with van der Waals surface area (Å²) >= 11 is 0. The second-order valence-corrected chi connectivity index (χ2v) is 6.24. The smallest absolute Gasteiger partial charge is 0.336 e. The number of hydrogen-bond donors (Lipinski definition) is 2. The Bertz CT molecular complexity index is 1010. The van der Waals surface area contributed by atoms with Crippen molar-refractivity contribution in [3.63, 3.8) is 0 Å². The number of anilines is 1. The number of amides is 1. The molecule has 0 radical (unpaired) electrons. The molecule has 26 heavy (non-hydrogen) atoms. The lowest BCUT2D eigenvalue weighted by Gasteiger charge is -2.10. The molecule has 1 heterocycles. The van der Waals surface area contributed by atoms with Gasteiger partial charge >= 0.3 is 5.97 Å². The molecule has 130 valence electrons. The molecule has 6 heteroatoms. The van der Waals surface area contributed by atoms with Crippen molar-refractivity contribution >= 4 is 28.5 Å². The Morgan fingerprint density at radius 2 is 1.88 bits per heavy atom. The molecule has 1 fully saturated rings. The van der Waals surface area contributed by atoms with Gasteiger partial charge in [0, 0.05) is 18.2 Å². The summed E-state index contributed by atoms with van der Waals surface area (Å²) in [6.07, 6.45) is 3.37. The first kappa shape index (κ1) is 16.1. The molecule has 2 N–H and O–H groups in total. The normalized spacial score (nSPS) is 13.4. The highest BCUT2D eigenvalue weighted by molar-refractivity contribution is 6.04. The minimum absolute atomic E-state index is 0.0338. The summed E-state index contributed by atoms with van der Waals surface area (Å²) in [5.74, 6) is 0.329. The second-order valence-electron chi connectivity index (χ2n) is 6.24. The van der Waals surface area contributed by atoms with Crippen LogP contribution in [0, 0.1) is 5.92 Å². The zero-order chi connectivity index (χ0) is 18.1. The van der Waals surface area contributed by atoms with Gasteiger partial charge in [0.25, 0.3) is 0 Å². The highest BCUT2D eigenvalue weighted by Gasteiger charge is 2.29. The van der Waals surface area contributed by atoms with Gasteiger partial charge in [0.2, 0.25) is 5.91 Å². The predicted molar refractivity (Wildman–Crippen MR) is 96.6 cm³/mol. The van der Waals surface area contributed by atoms with Crippen LogP contribution in [0.1, 0.15) is 23.2 Å². The van der Waals surface area contributed by atoms with Crippen LogP contribution in [-0.2, 0) is 4.79 Å². The lowest BCUT2D eigenvalue weighted by Crippen LogP contribution is -2.14. The summed E-state index contributed by atoms with van der Waals surface area (Å²) in [6, 6.07) is 13.8. The Balaban J connectivity index is 1.62. The Kier molecular flexibility index (Phi) is 4.01. The van der Waals surface area contributed by atoms with Gasteiger partial charge in [-0.1, -0.05) is 24.3 Å². The van der Waals surface area contributed by atoms with E-state index < -0.39 is 5.97 Å². The summed E-state index contributed by atoms with van der Waals surface area (Å²) < 4.78 is 5.82. The fraction of sp³-hybridized carbons (Fsp3) is 0.150. The monoisotopic (exact) mass is 348 g/mol. The third kappa shape index (κ3) is 3.35. The molecule has 2 aromatic carbocycles. The summed E-state index contributed by atoms with van der Waals surface area (Å²) in [6.45, 7) is 0. The molecule has 6 nitrogen and oxygen atoms in total. The van der Waals surface area contributed by atoms with Gasteiger partial charge in [-0.15, -0.1) is 0 Å². The van der Waals surface area contributed by atoms with Gasteiger partial charge in [0.1, 0.15) is 17.3 Å². The van der Waals surface area contributed by atoms with Gasteiger partial charge in [0.05, 0.1) is 5.56 Å². The number of carboxylic acid groups (broad SMARTS) is 1. The van der Waals surface area contributed by atoms with E-state index in [2.05, 4.69) is 10.3 Å². The van der Waals surface area contributed by atoms with E-state index in [1.54, 1.807) is 30.3 Å². The molecular formula is C20H16N2O4. The van der Waals surface area contributed by atoms with Crippen LogP contribution in [0.5, 0.6) is 11.5 Å². The van der Waals surface area contributed by atoms with Crippen LogP contribution >= 0.6 is 0 Å². The number of carboxylic acids is 1. The summed E-state index contributed by atoms with van der Waals surface area (Å²) in [5, 5.41) is 13.7. The number of nitrogens with one attached hydrogen (secondary N) is 1. The van der Waals surface area contributed by atoms with Crippen LogP contribution < -0.4 is 10.1 Å². The van der Waals surface area contributed by atoms with Crippen LogP contribution in [0.15, 0.2) is 54.7 Å². The van der Waals surface area contributed by atoms with Gasteiger partial charge in [-0.25, -0.2) is 9.78 Å². The summed E-state index contributed by atoms with van der Waals surface area (Å²) in [5.41, 5.74) is 0.175. The Labute approximate surface area is 149 Å². The molecule has 0 spiro atoms. The SMILES string of the molecule is O=C(O)c1cc(Oc2ccnc(NC(=O)C3CC3)c2)cc2ccccc12.